The average molecular weight is 344 g/mol. The van der Waals surface area contributed by atoms with Gasteiger partial charge in [0.2, 0.25) is 0 Å². The van der Waals surface area contributed by atoms with Gasteiger partial charge >= 0.3 is 6.03 Å². The number of nitrogens with two attached hydrogens (primary N) is 1. The second-order valence-corrected chi connectivity index (χ2v) is 5.62. The first-order valence-corrected chi connectivity index (χ1v) is 7.52. The number of hydrogen-bond acceptors (Lipinski definition) is 3. The number of carbonyl (C=O) groups is 2. The highest BCUT2D eigenvalue weighted by Crippen LogP contribution is 2.15. The van der Waals surface area contributed by atoms with Gasteiger partial charge in [-0.05, 0) is 31.0 Å². The van der Waals surface area contributed by atoms with E-state index in [1.165, 1.54) is 6.07 Å². The number of piperidine rings is 1. The van der Waals surface area contributed by atoms with Crippen LogP contribution >= 0.6 is 0 Å². The number of carbonyl (C=O) groups excluding carboxylic acids is 2. The first-order valence-electron chi connectivity index (χ1n) is 7.52. The summed E-state index contributed by atoms with van der Waals surface area (Å²) >= 11 is 0. The highest BCUT2D eigenvalue weighted by molar-refractivity contribution is 5.96. The van der Waals surface area contributed by atoms with Gasteiger partial charge in [0.15, 0.2) is 0 Å². The Hall–Kier alpha value is -2.29. The predicted molar refractivity (Wildman–Crippen MR) is 82.5 cm³/mol. The van der Waals surface area contributed by atoms with Crippen molar-refractivity contribution >= 4 is 17.6 Å². The van der Waals surface area contributed by atoms with Crippen molar-refractivity contribution in [2.24, 2.45) is 5.73 Å². The largest absolute Gasteiger partial charge is 0.366 e. The normalized spacial score (nSPS) is 16.2. The molecule has 0 saturated carbocycles. The zero-order chi connectivity index (χ0) is 17.7. The summed E-state index contributed by atoms with van der Waals surface area (Å²) < 4.78 is 38.0. The van der Waals surface area contributed by atoms with Gasteiger partial charge in [-0.15, -0.1) is 0 Å². The van der Waals surface area contributed by atoms with Gasteiger partial charge in [0.05, 0.1) is 12.1 Å². The Bertz CT molecular complexity index is 604. The van der Waals surface area contributed by atoms with Crippen LogP contribution in [0.5, 0.6) is 0 Å². The van der Waals surface area contributed by atoms with Crippen molar-refractivity contribution < 1.29 is 22.8 Å². The molecule has 0 radical (unpaired) electrons. The van der Waals surface area contributed by atoms with Gasteiger partial charge in [-0.1, -0.05) is 0 Å². The third-order valence-corrected chi connectivity index (χ3v) is 3.81. The summed E-state index contributed by atoms with van der Waals surface area (Å²) in [7, 11) is 0. The predicted octanol–water partition coefficient (Wildman–Crippen LogP) is 1.78. The standard InChI is InChI=1S/C15H19F3N4O2/c16-12-2-1-10(7-11(12)14(19)23)21-15(24)20-9-3-5-22(6-4-9)8-13(17)18/h1-2,7,9,13H,3-6,8H2,(H2,19,23)(H2,20,21,24). The number of rotatable bonds is 5. The molecule has 1 fully saturated rings. The third-order valence-electron chi connectivity index (χ3n) is 3.81. The van der Waals surface area contributed by atoms with Crippen molar-refractivity contribution in [3.63, 3.8) is 0 Å². The molecular formula is C15H19F3N4O2. The number of alkyl halides is 2. The van der Waals surface area contributed by atoms with Crippen LogP contribution in [0.15, 0.2) is 18.2 Å². The Kier molecular flexibility index (Phi) is 6.02. The number of benzene rings is 1. The van der Waals surface area contributed by atoms with E-state index >= 15 is 0 Å². The molecular weight excluding hydrogens is 325 g/mol. The van der Waals surface area contributed by atoms with Gasteiger partial charge < -0.3 is 16.4 Å². The van der Waals surface area contributed by atoms with Gasteiger partial charge in [0.25, 0.3) is 12.3 Å². The summed E-state index contributed by atoms with van der Waals surface area (Å²) in [6.45, 7) is 0.708. The van der Waals surface area contributed by atoms with Crippen LogP contribution in [0.2, 0.25) is 0 Å². The minimum Gasteiger partial charge on any atom is -0.366 e. The molecule has 4 N–H and O–H groups in total. The molecule has 1 aromatic rings. The highest BCUT2D eigenvalue weighted by Gasteiger charge is 2.22. The lowest BCUT2D eigenvalue weighted by molar-refractivity contribution is 0.0739. The molecule has 0 aliphatic carbocycles. The Balaban J connectivity index is 1.84. The molecule has 1 aliphatic heterocycles. The fourth-order valence-corrected chi connectivity index (χ4v) is 2.60. The third kappa shape index (κ3) is 5.12. The summed E-state index contributed by atoms with van der Waals surface area (Å²) in [5.41, 5.74) is 4.97. The van der Waals surface area contributed by atoms with Gasteiger partial charge in [0, 0.05) is 24.8 Å². The van der Waals surface area contributed by atoms with Gasteiger partial charge in [-0.3, -0.25) is 9.69 Å². The molecule has 9 heteroatoms. The Morgan fingerprint density at radius 3 is 2.54 bits per heavy atom. The number of hydrogen-bond donors (Lipinski definition) is 3. The van der Waals surface area contributed by atoms with Gasteiger partial charge in [-0.25, -0.2) is 18.0 Å². The van der Waals surface area contributed by atoms with Crippen molar-refractivity contribution in [2.75, 3.05) is 25.0 Å². The molecule has 0 spiro atoms. The molecule has 0 unspecified atom stereocenters. The second-order valence-electron chi connectivity index (χ2n) is 5.62. The van der Waals surface area contributed by atoms with E-state index in [0.29, 0.717) is 25.9 Å². The first kappa shape index (κ1) is 18.1. The number of halogens is 3. The molecule has 0 aromatic heterocycles. The lowest BCUT2D eigenvalue weighted by Gasteiger charge is -2.32. The van der Waals surface area contributed by atoms with E-state index in [1.54, 1.807) is 4.90 Å². The summed E-state index contributed by atoms with van der Waals surface area (Å²) in [5, 5.41) is 5.23. The highest BCUT2D eigenvalue weighted by atomic mass is 19.3. The van der Waals surface area contributed by atoms with Crippen LogP contribution in [-0.2, 0) is 0 Å². The summed E-state index contributed by atoms with van der Waals surface area (Å²) in [4.78, 5) is 24.7. The maximum atomic E-state index is 13.4. The van der Waals surface area contributed by atoms with Gasteiger partial charge in [-0.2, -0.15) is 0 Å². The summed E-state index contributed by atoms with van der Waals surface area (Å²) in [6.07, 6.45) is -1.23. The topological polar surface area (TPSA) is 87.5 Å². The molecule has 0 bridgehead atoms. The van der Waals surface area contributed by atoms with E-state index in [1.807, 2.05) is 0 Å². The summed E-state index contributed by atoms with van der Waals surface area (Å²) in [5.74, 6) is -1.69. The number of primary amides is 1. The van der Waals surface area contributed by atoms with Crippen LogP contribution in [0.25, 0.3) is 0 Å². The van der Waals surface area contributed by atoms with Crippen LogP contribution in [0.1, 0.15) is 23.2 Å². The van der Waals surface area contributed by atoms with Crippen LogP contribution in [-0.4, -0.2) is 48.9 Å². The molecule has 132 valence electrons. The lowest BCUT2D eigenvalue weighted by Crippen LogP contribution is -2.46. The SMILES string of the molecule is NC(=O)c1cc(NC(=O)NC2CCN(CC(F)F)CC2)ccc1F. The number of amides is 3. The van der Waals surface area contributed by atoms with E-state index in [4.69, 9.17) is 5.73 Å². The zero-order valence-electron chi connectivity index (χ0n) is 12.9. The van der Waals surface area contributed by atoms with Crippen molar-refractivity contribution in [3.05, 3.63) is 29.6 Å². The Morgan fingerprint density at radius 1 is 1.29 bits per heavy atom. The Labute approximate surface area is 137 Å². The van der Waals surface area contributed by atoms with Crippen LogP contribution in [0.4, 0.5) is 23.7 Å². The van der Waals surface area contributed by atoms with Crippen molar-refractivity contribution in [1.29, 1.82) is 0 Å². The smallest absolute Gasteiger partial charge is 0.319 e. The minimum atomic E-state index is -2.37. The molecule has 1 saturated heterocycles. The summed E-state index contributed by atoms with van der Waals surface area (Å²) in [6, 6.07) is 2.87. The maximum absolute atomic E-state index is 13.4. The number of nitrogens with zero attached hydrogens (tertiary/aromatic N) is 1. The lowest BCUT2D eigenvalue weighted by atomic mass is 10.1. The zero-order valence-corrected chi connectivity index (χ0v) is 12.9. The fourth-order valence-electron chi connectivity index (χ4n) is 2.60. The van der Waals surface area contributed by atoms with E-state index in [-0.39, 0.29) is 23.8 Å². The van der Waals surface area contributed by atoms with Crippen LogP contribution in [0, 0.1) is 5.82 Å². The molecule has 24 heavy (non-hydrogen) atoms. The number of likely N-dealkylation sites (tertiary alicyclic amines) is 1. The number of nitrogens with one attached hydrogen (secondary N) is 2. The number of anilines is 1. The molecule has 6 nitrogen and oxygen atoms in total. The fraction of sp³-hybridized carbons (Fsp3) is 0.467. The van der Waals surface area contributed by atoms with Crippen molar-refractivity contribution in [1.82, 2.24) is 10.2 Å². The van der Waals surface area contributed by atoms with E-state index in [9.17, 15) is 22.8 Å². The van der Waals surface area contributed by atoms with Crippen molar-refractivity contribution in [3.8, 4) is 0 Å². The van der Waals surface area contributed by atoms with Crippen molar-refractivity contribution in [2.45, 2.75) is 25.3 Å². The number of urea groups is 1. The Morgan fingerprint density at radius 2 is 1.96 bits per heavy atom. The van der Waals surface area contributed by atoms with E-state index < -0.39 is 24.2 Å². The molecule has 2 rings (SSSR count). The quantitative estimate of drug-likeness (QED) is 0.761. The molecule has 1 heterocycles. The second kappa shape index (κ2) is 8.00. The van der Waals surface area contributed by atoms with E-state index in [0.717, 1.165) is 12.1 Å². The molecule has 3 amide bonds. The minimum absolute atomic E-state index is 0.130. The van der Waals surface area contributed by atoms with Gasteiger partial charge in [0.1, 0.15) is 5.82 Å². The van der Waals surface area contributed by atoms with Crippen LogP contribution in [0.3, 0.4) is 0 Å². The maximum Gasteiger partial charge on any atom is 0.319 e. The first-order chi connectivity index (χ1) is 11.3. The van der Waals surface area contributed by atoms with E-state index in [2.05, 4.69) is 10.6 Å². The monoisotopic (exact) mass is 344 g/mol. The molecule has 1 aliphatic rings. The molecule has 0 atom stereocenters. The average Bonchev–Trinajstić information content (AvgIpc) is 2.50. The van der Waals surface area contributed by atoms with Crippen LogP contribution < -0.4 is 16.4 Å². The molecule has 1 aromatic carbocycles.